The summed E-state index contributed by atoms with van der Waals surface area (Å²) in [7, 11) is 5.35. The van der Waals surface area contributed by atoms with Gasteiger partial charge in [-0.25, -0.2) is 0 Å². The molecule has 1 atom stereocenters. The van der Waals surface area contributed by atoms with Crippen LogP contribution in [0.5, 0.6) is 0 Å². The van der Waals surface area contributed by atoms with Crippen molar-refractivity contribution in [1.82, 2.24) is 10.2 Å². The summed E-state index contributed by atoms with van der Waals surface area (Å²) in [6.45, 7) is 0. The Labute approximate surface area is 79.3 Å². The Bertz CT molecular complexity index is 169. The van der Waals surface area contributed by atoms with E-state index in [2.05, 4.69) is 5.32 Å². The van der Waals surface area contributed by atoms with Gasteiger partial charge < -0.3 is 10.1 Å². The van der Waals surface area contributed by atoms with Gasteiger partial charge >= 0.3 is 0 Å². The van der Waals surface area contributed by atoms with Gasteiger partial charge in [0.15, 0.2) is 0 Å². The smallest absolute Gasteiger partial charge is 0.237 e. The number of hydrogen-bond acceptors (Lipinski definition) is 3. The van der Waals surface area contributed by atoms with Crippen LogP contribution in [0.25, 0.3) is 0 Å². The molecule has 0 aliphatic heterocycles. The van der Waals surface area contributed by atoms with Crippen molar-refractivity contribution < 1.29 is 9.59 Å². The van der Waals surface area contributed by atoms with Gasteiger partial charge in [-0.1, -0.05) is 0 Å². The van der Waals surface area contributed by atoms with E-state index in [1.54, 1.807) is 7.05 Å². The minimum absolute atomic E-state index is 0.0101. The highest BCUT2D eigenvalue weighted by Crippen LogP contribution is 2.04. The van der Waals surface area contributed by atoms with Crippen molar-refractivity contribution in [3.05, 3.63) is 0 Å². The third-order valence-corrected chi connectivity index (χ3v) is 1.97. The normalized spacial score (nSPS) is 12.6. The minimum Gasteiger partial charge on any atom is -0.358 e. The number of amides is 1. The van der Waals surface area contributed by atoms with E-state index in [4.69, 9.17) is 0 Å². The Morgan fingerprint density at radius 3 is 2.54 bits per heavy atom. The molecule has 1 N–H and O–H groups in total. The molecule has 1 amide bonds. The van der Waals surface area contributed by atoms with Crippen LogP contribution in [0.3, 0.4) is 0 Å². The van der Waals surface area contributed by atoms with E-state index in [1.165, 1.54) is 0 Å². The number of hydrogen-bond donors (Lipinski definition) is 1. The predicted octanol–water partition coefficient (Wildman–Crippen LogP) is 0.0318. The Hall–Kier alpha value is -0.900. The fourth-order valence-corrected chi connectivity index (χ4v) is 1.18. The quantitative estimate of drug-likeness (QED) is 0.470. The van der Waals surface area contributed by atoms with Crippen molar-refractivity contribution in [2.75, 3.05) is 21.1 Å². The van der Waals surface area contributed by atoms with Crippen LogP contribution in [0, 0.1) is 0 Å². The lowest BCUT2D eigenvalue weighted by Gasteiger charge is -2.21. The van der Waals surface area contributed by atoms with Gasteiger partial charge in [0, 0.05) is 13.5 Å². The largest absolute Gasteiger partial charge is 0.358 e. The Morgan fingerprint density at radius 1 is 1.54 bits per heavy atom. The van der Waals surface area contributed by atoms with E-state index in [9.17, 15) is 9.59 Å². The average Bonchev–Trinajstić information content (AvgIpc) is 2.11. The molecule has 0 fully saturated rings. The summed E-state index contributed by atoms with van der Waals surface area (Å²) in [6, 6.07) is -0.120. The van der Waals surface area contributed by atoms with Crippen LogP contribution in [0.1, 0.15) is 19.3 Å². The van der Waals surface area contributed by atoms with E-state index < -0.39 is 0 Å². The number of carbonyl (C=O) groups is 2. The highest BCUT2D eigenvalue weighted by Gasteiger charge is 2.18. The molecule has 0 radical (unpaired) electrons. The maximum atomic E-state index is 11.3. The molecule has 0 rings (SSSR count). The molecule has 0 saturated carbocycles. The lowest BCUT2D eigenvalue weighted by atomic mass is 10.1. The molecule has 0 aromatic carbocycles. The van der Waals surface area contributed by atoms with Gasteiger partial charge in [0.05, 0.1) is 6.04 Å². The van der Waals surface area contributed by atoms with E-state index in [-0.39, 0.29) is 11.9 Å². The van der Waals surface area contributed by atoms with Gasteiger partial charge in [0.2, 0.25) is 5.91 Å². The first kappa shape index (κ1) is 12.1. The van der Waals surface area contributed by atoms with Crippen LogP contribution in [0.4, 0.5) is 0 Å². The summed E-state index contributed by atoms with van der Waals surface area (Å²) in [6.07, 6.45) is 2.91. The van der Waals surface area contributed by atoms with Crippen molar-refractivity contribution in [1.29, 1.82) is 0 Å². The molecular formula is C9H18N2O2. The SMILES string of the molecule is CNC(=O)C(CCCC=O)N(C)C. The summed E-state index contributed by atoms with van der Waals surface area (Å²) in [5, 5.41) is 2.60. The lowest BCUT2D eigenvalue weighted by Crippen LogP contribution is -2.42. The van der Waals surface area contributed by atoms with Crippen molar-refractivity contribution in [2.45, 2.75) is 25.3 Å². The number of carbonyl (C=O) groups excluding carboxylic acids is 2. The molecule has 4 nitrogen and oxygen atoms in total. The van der Waals surface area contributed by atoms with Crippen LogP contribution in [-0.2, 0) is 9.59 Å². The topological polar surface area (TPSA) is 49.4 Å². The number of nitrogens with zero attached hydrogens (tertiary/aromatic N) is 1. The van der Waals surface area contributed by atoms with Gasteiger partial charge in [0.1, 0.15) is 6.29 Å². The molecule has 0 aliphatic rings. The highest BCUT2D eigenvalue weighted by molar-refractivity contribution is 5.81. The van der Waals surface area contributed by atoms with Crippen molar-refractivity contribution in [3.63, 3.8) is 0 Å². The number of likely N-dealkylation sites (N-methyl/N-ethyl adjacent to an activating group) is 2. The first-order chi connectivity index (χ1) is 6.13. The number of nitrogens with one attached hydrogen (secondary N) is 1. The summed E-state index contributed by atoms with van der Waals surface area (Å²) in [5.41, 5.74) is 0. The van der Waals surface area contributed by atoms with Crippen LogP contribution in [-0.4, -0.2) is 44.3 Å². The maximum absolute atomic E-state index is 11.3. The molecule has 0 spiro atoms. The highest BCUT2D eigenvalue weighted by atomic mass is 16.2. The van der Waals surface area contributed by atoms with Crippen LogP contribution in [0.15, 0.2) is 0 Å². The Balaban J connectivity index is 3.94. The molecule has 0 aliphatic carbocycles. The van der Waals surface area contributed by atoms with E-state index >= 15 is 0 Å². The zero-order valence-corrected chi connectivity index (χ0v) is 8.54. The first-order valence-electron chi connectivity index (χ1n) is 4.45. The predicted molar refractivity (Wildman–Crippen MR) is 51.5 cm³/mol. The fraction of sp³-hybridized carbons (Fsp3) is 0.778. The summed E-state index contributed by atoms with van der Waals surface area (Å²) in [4.78, 5) is 23.3. The zero-order valence-electron chi connectivity index (χ0n) is 8.54. The Kier molecular flexibility index (Phi) is 6.14. The van der Waals surface area contributed by atoms with Gasteiger partial charge in [-0.15, -0.1) is 0 Å². The van der Waals surface area contributed by atoms with E-state index in [1.807, 2.05) is 19.0 Å². The number of aldehydes is 1. The van der Waals surface area contributed by atoms with E-state index in [0.29, 0.717) is 6.42 Å². The molecule has 0 saturated heterocycles. The third kappa shape index (κ3) is 4.62. The second-order valence-corrected chi connectivity index (χ2v) is 3.19. The maximum Gasteiger partial charge on any atom is 0.237 e. The second-order valence-electron chi connectivity index (χ2n) is 3.19. The molecule has 0 bridgehead atoms. The second kappa shape index (κ2) is 6.60. The average molecular weight is 186 g/mol. The molecule has 0 aromatic rings. The summed E-state index contributed by atoms with van der Waals surface area (Å²) in [5.74, 6) is 0.0101. The minimum atomic E-state index is -0.120. The van der Waals surface area contributed by atoms with Crippen LogP contribution in [0.2, 0.25) is 0 Å². The Morgan fingerprint density at radius 2 is 2.15 bits per heavy atom. The van der Waals surface area contributed by atoms with Gasteiger partial charge in [-0.2, -0.15) is 0 Å². The molecule has 4 heteroatoms. The van der Waals surface area contributed by atoms with Crippen molar-refractivity contribution in [3.8, 4) is 0 Å². The van der Waals surface area contributed by atoms with Gasteiger partial charge in [-0.05, 0) is 26.9 Å². The number of rotatable bonds is 6. The molecule has 1 unspecified atom stereocenters. The van der Waals surface area contributed by atoms with Gasteiger partial charge in [0.25, 0.3) is 0 Å². The lowest BCUT2D eigenvalue weighted by molar-refractivity contribution is -0.125. The third-order valence-electron chi connectivity index (χ3n) is 1.97. The summed E-state index contributed by atoms with van der Waals surface area (Å²) >= 11 is 0. The van der Waals surface area contributed by atoms with Crippen molar-refractivity contribution >= 4 is 12.2 Å². The monoisotopic (exact) mass is 186 g/mol. The molecule has 0 aromatic heterocycles. The first-order valence-corrected chi connectivity index (χ1v) is 4.45. The van der Waals surface area contributed by atoms with Crippen molar-refractivity contribution in [2.24, 2.45) is 0 Å². The molecule has 76 valence electrons. The summed E-state index contributed by atoms with van der Waals surface area (Å²) < 4.78 is 0. The zero-order chi connectivity index (χ0) is 10.3. The molecule has 13 heavy (non-hydrogen) atoms. The van der Waals surface area contributed by atoms with E-state index in [0.717, 1.165) is 19.1 Å². The number of unbranched alkanes of at least 4 members (excludes halogenated alkanes) is 1. The van der Waals surface area contributed by atoms with Crippen LogP contribution >= 0.6 is 0 Å². The van der Waals surface area contributed by atoms with Crippen LogP contribution < -0.4 is 5.32 Å². The van der Waals surface area contributed by atoms with Gasteiger partial charge in [-0.3, -0.25) is 9.69 Å². The molecule has 0 heterocycles. The molecular weight excluding hydrogens is 168 g/mol. The fourth-order valence-electron chi connectivity index (χ4n) is 1.18. The standard InChI is InChI=1S/C9H18N2O2/c1-10-9(13)8(11(2)3)6-4-5-7-12/h7-8H,4-6H2,1-3H3,(H,10,13).